The molecule has 19 heavy (non-hydrogen) atoms. The molecule has 0 spiro atoms. The molecule has 0 aromatic carbocycles. The van der Waals surface area contributed by atoms with E-state index in [2.05, 4.69) is 10.1 Å². The summed E-state index contributed by atoms with van der Waals surface area (Å²) in [6.45, 7) is 3.69. The largest absolute Gasteiger partial charge is 0.475 e. The average molecular weight is 269 g/mol. The van der Waals surface area contributed by atoms with Gasteiger partial charge in [-0.15, -0.1) is 0 Å². The van der Waals surface area contributed by atoms with Gasteiger partial charge in [0.2, 0.25) is 5.88 Å². The van der Waals surface area contributed by atoms with E-state index in [0.29, 0.717) is 37.9 Å². The van der Waals surface area contributed by atoms with Crippen molar-refractivity contribution >= 4 is 5.84 Å². The van der Waals surface area contributed by atoms with Crippen molar-refractivity contribution < 1.29 is 19.4 Å². The van der Waals surface area contributed by atoms with Gasteiger partial charge < -0.3 is 25.2 Å². The first-order valence-corrected chi connectivity index (χ1v) is 5.83. The molecule has 0 aliphatic rings. The Morgan fingerprint density at radius 1 is 1.32 bits per heavy atom. The quantitative estimate of drug-likeness (QED) is 0.235. The zero-order valence-electron chi connectivity index (χ0n) is 11.1. The van der Waals surface area contributed by atoms with Crippen LogP contribution in [0.5, 0.6) is 5.88 Å². The molecule has 7 heteroatoms. The minimum Gasteiger partial charge on any atom is -0.475 e. The summed E-state index contributed by atoms with van der Waals surface area (Å²) < 4.78 is 15.5. The first-order chi connectivity index (χ1) is 9.17. The lowest BCUT2D eigenvalue weighted by atomic mass is 10.2. The molecule has 1 rings (SSSR count). The number of rotatable bonds is 8. The van der Waals surface area contributed by atoms with Crippen LogP contribution >= 0.6 is 0 Å². The van der Waals surface area contributed by atoms with E-state index in [-0.39, 0.29) is 5.84 Å². The molecule has 1 aromatic heterocycles. The van der Waals surface area contributed by atoms with Crippen LogP contribution in [0.3, 0.4) is 0 Å². The molecular formula is C12H19N3O4. The lowest BCUT2D eigenvalue weighted by molar-refractivity contribution is 0.0536. The molecule has 0 atom stereocenters. The van der Waals surface area contributed by atoms with Gasteiger partial charge in [-0.25, -0.2) is 4.98 Å². The molecule has 3 N–H and O–H groups in total. The van der Waals surface area contributed by atoms with E-state index in [4.69, 9.17) is 25.2 Å². The summed E-state index contributed by atoms with van der Waals surface area (Å²) in [5.41, 5.74) is 6.80. The van der Waals surface area contributed by atoms with Gasteiger partial charge in [0.1, 0.15) is 6.61 Å². The van der Waals surface area contributed by atoms with E-state index in [1.54, 1.807) is 26.2 Å². The van der Waals surface area contributed by atoms with Crippen LogP contribution in [0, 0.1) is 6.92 Å². The minimum atomic E-state index is 0.0201. The molecule has 0 unspecified atom stereocenters. The SMILES string of the molecule is COCCOCCOc1cc(/C(N)=N/O)cc(C)n1. The van der Waals surface area contributed by atoms with E-state index in [1.807, 2.05) is 0 Å². The highest BCUT2D eigenvalue weighted by Crippen LogP contribution is 2.12. The first-order valence-electron chi connectivity index (χ1n) is 5.83. The summed E-state index contributed by atoms with van der Waals surface area (Å²) in [4.78, 5) is 4.19. The number of pyridine rings is 1. The molecule has 1 heterocycles. The monoisotopic (exact) mass is 269 g/mol. The molecular weight excluding hydrogens is 250 g/mol. The predicted molar refractivity (Wildman–Crippen MR) is 69.7 cm³/mol. The summed E-state index contributed by atoms with van der Waals surface area (Å²) in [7, 11) is 1.62. The fourth-order valence-corrected chi connectivity index (χ4v) is 1.37. The summed E-state index contributed by atoms with van der Waals surface area (Å²) in [5, 5.41) is 11.6. The number of aromatic nitrogens is 1. The average Bonchev–Trinajstić information content (AvgIpc) is 2.41. The summed E-state index contributed by atoms with van der Waals surface area (Å²) in [6.07, 6.45) is 0. The Labute approximate surface area is 112 Å². The molecule has 0 fully saturated rings. The fraction of sp³-hybridized carbons (Fsp3) is 0.500. The standard InChI is InChI=1S/C12H19N3O4/c1-9-7-10(12(13)15-16)8-11(14-9)19-6-5-18-4-3-17-2/h7-8,16H,3-6H2,1-2H3,(H2,13,15). The Morgan fingerprint density at radius 2 is 2.05 bits per heavy atom. The van der Waals surface area contributed by atoms with Crippen LogP contribution in [0.2, 0.25) is 0 Å². The molecule has 106 valence electrons. The lowest BCUT2D eigenvalue weighted by Gasteiger charge is -2.08. The molecule has 0 amide bonds. The lowest BCUT2D eigenvalue weighted by Crippen LogP contribution is -2.15. The van der Waals surface area contributed by atoms with Crippen molar-refractivity contribution in [2.75, 3.05) is 33.5 Å². The summed E-state index contributed by atoms with van der Waals surface area (Å²) >= 11 is 0. The zero-order valence-corrected chi connectivity index (χ0v) is 11.1. The van der Waals surface area contributed by atoms with E-state index in [0.717, 1.165) is 5.69 Å². The van der Waals surface area contributed by atoms with Crippen LogP contribution in [0.1, 0.15) is 11.3 Å². The number of aryl methyl sites for hydroxylation is 1. The smallest absolute Gasteiger partial charge is 0.214 e. The van der Waals surface area contributed by atoms with Crippen molar-refractivity contribution in [3.05, 3.63) is 23.4 Å². The van der Waals surface area contributed by atoms with Crippen molar-refractivity contribution in [3.63, 3.8) is 0 Å². The summed E-state index contributed by atoms with van der Waals surface area (Å²) in [5.74, 6) is 0.434. The highest BCUT2D eigenvalue weighted by Gasteiger charge is 2.05. The number of methoxy groups -OCH3 is 1. The van der Waals surface area contributed by atoms with E-state index < -0.39 is 0 Å². The molecule has 0 radical (unpaired) electrons. The van der Waals surface area contributed by atoms with Crippen molar-refractivity contribution in [1.29, 1.82) is 0 Å². The normalized spacial score (nSPS) is 11.6. The van der Waals surface area contributed by atoms with Crippen LogP contribution in [0.15, 0.2) is 17.3 Å². The van der Waals surface area contributed by atoms with Crippen molar-refractivity contribution in [2.24, 2.45) is 10.9 Å². The highest BCUT2D eigenvalue weighted by atomic mass is 16.5. The van der Waals surface area contributed by atoms with Gasteiger partial charge in [0.05, 0.1) is 19.8 Å². The Balaban J connectivity index is 2.47. The second kappa shape index (κ2) is 8.28. The number of hydrogen-bond acceptors (Lipinski definition) is 6. The molecule has 0 bridgehead atoms. The number of ether oxygens (including phenoxy) is 3. The third-order valence-corrected chi connectivity index (χ3v) is 2.24. The number of hydrogen-bond donors (Lipinski definition) is 2. The second-order valence-electron chi connectivity index (χ2n) is 3.77. The van der Waals surface area contributed by atoms with Crippen LogP contribution in [0.4, 0.5) is 0 Å². The van der Waals surface area contributed by atoms with Crippen LogP contribution < -0.4 is 10.5 Å². The van der Waals surface area contributed by atoms with Gasteiger partial charge in [-0.1, -0.05) is 5.16 Å². The van der Waals surface area contributed by atoms with Crippen LogP contribution in [-0.4, -0.2) is 49.6 Å². The number of amidine groups is 1. The van der Waals surface area contributed by atoms with Crippen molar-refractivity contribution in [1.82, 2.24) is 4.98 Å². The van der Waals surface area contributed by atoms with Crippen LogP contribution in [-0.2, 0) is 9.47 Å². The van der Waals surface area contributed by atoms with Gasteiger partial charge in [0.25, 0.3) is 0 Å². The van der Waals surface area contributed by atoms with Crippen molar-refractivity contribution in [2.45, 2.75) is 6.92 Å². The van der Waals surface area contributed by atoms with Gasteiger partial charge in [-0.2, -0.15) is 0 Å². The van der Waals surface area contributed by atoms with Gasteiger partial charge in [0, 0.05) is 24.4 Å². The maximum Gasteiger partial charge on any atom is 0.214 e. The van der Waals surface area contributed by atoms with Gasteiger partial charge in [0.15, 0.2) is 5.84 Å². The molecule has 0 saturated heterocycles. The zero-order chi connectivity index (χ0) is 14.1. The Hall–Kier alpha value is -1.86. The third kappa shape index (κ3) is 5.54. The van der Waals surface area contributed by atoms with Gasteiger partial charge >= 0.3 is 0 Å². The molecule has 1 aromatic rings. The fourth-order valence-electron chi connectivity index (χ4n) is 1.37. The Bertz CT molecular complexity index is 423. The van der Waals surface area contributed by atoms with E-state index in [9.17, 15) is 0 Å². The molecule has 0 aliphatic heterocycles. The Kier molecular flexibility index (Phi) is 6.62. The minimum absolute atomic E-state index is 0.0201. The maximum atomic E-state index is 8.64. The highest BCUT2D eigenvalue weighted by molar-refractivity contribution is 5.97. The second-order valence-corrected chi connectivity index (χ2v) is 3.77. The maximum absolute atomic E-state index is 8.64. The number of nitrogens with two attached hydrogens (primary N) is 1. The van der Waals surface area contributed by atoms with Crippen molar-refractivity contribution in [3.8, 4) is 5.88 Å². The molecule has 0 saturated carbocycles. The predicted octanol–water partition coefficient (Wildman–Crippen LogP) is 0.526. The van der Waals surface area contributed by atoms with Gasteiger partial charge in [-0.3, -0.25) is 0 Å². The van der Waals surface area contributed by atoms with Gasteiger partial charge in [-0.05, 0) is 13.0 Å². The first kappa shape index (κ1) is 15.2. The molecule has 7 nitrogen and oxygen atoms in total. The number of oxime groups is 1. The molecule has 0 aliphatic carbocycles. The third-order valence-electron chi connectivity index (χ3n) is 2.24. The van der Waals surface area contributed by atoms with E-state index in [1.165, 1.54) is 0 Å². The van der Waals surface area contributed by atoms with Crippen LogP contribution in [0.25, 0.3) is 0 Å². The summed E-state index contributed by atoms with van der Waals surface area (Å²) in [6, 6.07) is 3.31. The topological polar surface area (TPSA) is 99.2 Å². The van der Waals surface area contributed by atoms with E-state index >= 15 is 0 Å². The Morgan fingerprint density at radius 3 is 2.74 bits per heavy atom. The number of nitrogens with zero attached hydrogens (tertiary/aromatic N) is 2.